The quantitative estimate of drug-likeness (QED) is 0.655. The third-order valence-corrected chi connectivity index (χ3v) is 4.31. The molecule has 0 bridgehead atoms. The van der Waals surface area contributed by atoms with E-state index in [4.69, 9.17) is 4.74 Å². The molecular formula is C15H29NO. The van der Waals surface area contributed by atoms with E-state index in [2.05, 4.69) is 12.2 Å². The molecule has 1 heterocycles. The zero-order valence-corrected chi connectivity index (χ0v) is 11.5. The van der Waals surface area contributed by atoms with Crippen LogP contribution in [-0.4, -0.2) is 25.8 Å². The molecule has 1 aliphatic heterocycles. The molecule has 1 aliphatic carbocycles. The Morgan fingerprint density at radius 3 is 2.76 bits per heavy atom. The van der Waals surface area contributed by atoms with Gasteiger partial charge >= 0.3 is 0 Å². The summed E-state index contributed by atoms with van der Waals surface area (Å²) >= 11 is 0. The van der Waals surface area contributed by atoms with Gasteiger partial charge in [-0.15, -0.1) is 0 Å². The topological polar surface area (TPSA) is 21.3 Å². The maximum Gasteiger partial charge on any atom is 0.0534 e. The molecule has 1 unspecified atom stereocenters. The Labute approximate surface area is 107 Å². The molecule has 1 N–H and O–H groups in total. The van der Waals surface area contributed by atoms with Gasteiger partial charge in [0.05, 0.1) is 6.61 Å². The lowest BCUT2D eigenvalue weighted by atomic mass is 9.78. The zero-order chi connectivity index (χ0) is 12.0. The van der Waals surface area contributed by atoms with Crippen molar-refractivity contribution in [1.82, 2.24) is 5.32 Å². The van der Waals surface area contributed by atoms with Gasteiger partial charge in [-0.2, -0.15) is 0 Å². The Morgan fingerprint density at radius 2 is 2.12 bits per heavy atom. The van der Waals surface area contributed by atoms with Gasteiger partial charge in [-0.3, -0.25) is 0 Å². The van der Waals surface area contributed by atoms with E-state index < -0.39 is 0 Å². The Hall–Kier alpha value is -0.0800. The number of nitrogens with one attached hydrogen (secondary N) is 1. The molecule has 0 aromatic carbocycles. The van der Waals surface area contributed by atoms with E-state index in [9.17, 15) is 0 Å². The predicted octanol–water partition coefficient (Wildman–Crippen LogP) is 3.51. The van der Waals surface area contributed by atoms with E-state index in [0.717, 1.165) is 19.3 Å². The van der Waals surface area contributed by atoms with E-state index in [1.54, 1.807) is 0 Å². The van der Waals surface area contributed by atoms with Gasteiger partial charge in [0.15, 0.2) is 0 Å². The van der Waals surface area contributed by atoms with Gasteiger partial charge in [0.2, 0.25) is 0 Å². The molecule has 0 aromatic heterocycles. The van der Waals surface area contributed by atoms with E-state index in [0.29, 0.717) is 5.41 Å². The number of unbranched alkanes of at least 4 members (excludes halogenated alkanes) is 3. The maximum atomic E-state index is 5.76. The van der Waals surface area contributed by atoms with Gasteiger partial charge in [-0.25, -0.2) is 0 Å². The molecule has 0 aromatic rings. The summed E-state index contributed by atoms with van der Waals surface area (Å²) in [6, 6.07) is 0.837. The number of hydrogen-bond donors (Lipinski definition) is 1. The van der Waals surface area contributed by atoms with E-state index >= 15 is 0 Å². The molecule has 2 nitrogen and oxygen atoms in total. The van der Waals surface area contributed by atoms with Gasteiger partial charge in [0, 0.05) is 24.6 Å². The van der Waals surface area contributed by atoms with Crippen LogP contribution in [-0.2, 0) is 4.74 Å². The molecule has 2 heteroatoms. The van der Waals surface area contributed by atoms with E-state index in [-0.39, 0.29) is 0 Å². The highest BCUT2D eigenvalue weighted by atomic mass is 16.5. The standard InChI is InChI=1S/C15H29NO/c1-2-3-4-5-9-15(10-6-11-17-13-15)12-16-14-7-8-14/h14,16H,2-13H2,1H3. The average molecular weight is 239 g/mol. The van der Waals surface area contributed by atoms with Crippen molar-refractivity contribution in [1.29, 1.82) is 0 Å². The summed E-state index contributed by atoms with van der Waals surface area (Å²) in [4.78, 5) is 0. The van der Waals surface area contributed by atoms with Crippen LogP contribution in [0.25, 0.3) is 0 Å². The van der Waals surface area contributed by atoms with Crippen LogP contribution in [0, 0.1) is 5.41 Å². The summed E-state index contributed by atoms with van der Waals surface area (Å²) in [6.45, 7) is 5.47. The van der Waals surface area contributed by atoms with Crippen molar-refractivity contribution in [3.05, 3.63) is 0 Å². The van der Waals surface area contributed by atoms with Crippen molar-refractivity contribution in [3.8, 4) is 0 Å². The Morgan fingerprint density at radius 1 is 1.24 bits per heavy atom. The SMILES string of the molecule is CCCCCCC1(CNC2CC2)CCCOC1. The highest BCUT2D eigenvalue weighted by Gasteiger charge is 2.34. The monoisotopic (exact) mass is 239 g/mol. The van der Waals surface area contributed by atoms with Crippen molar-refractivity contribution in [2.24, 2.45) is 5.41 Å². The predicted molar refractivity (Wildman–Crippen MR) is 72.3 cm³/mol. The molecule has 1 atom stereocenters. The molecule has 2 fully saturated rings. The van der Waals surface area contributed by atoms with Crippen molar-refractivity contribution >= 4 is 0 Å². The molecule has 100 valence electrons. The first-order chi connectivity index (χ1) is 8.35. The summed E-state index contributed by atoms with van der Waals surface area (Å²) in [5, 5.41) is 3.73. The van der Waals surface area contributed by atoms with Crippen LogP contribution < -0.4 is 5.32 Å². The number of rotatable bonds is 8. The molecule has 0 radical (unpaired) electrons. The smallest absolute Gasteiger partial charge is 0.0534 e. The minimum absolute atomic E-state index is 0.467. The highest BCUT2D eigenvalue weighted by molar-refractivity contribution is 4.89. The summed E-state index contributed by atoms with van der Waals surface area (Å²) in [5.41, 5.74) is 0.467. The minimum Gasteiger partial charge on any atom is -0.381 e. The summed E-state index contributed by atoms with van der Waals surface area (Å²) in [6.07, 6.45) is 12.3. The number of ether oxygens (including phenoxy) is 1. The molecule has 1 saturated carbocycles. The lowest BCUT2D eigenvalue weighted by Crippen LogP contribution is -2.41. The summed E-state index contributed by atoms with van der Waals surface area (Å²) in [5.74, 6) is 0. The van der Waals surface area contributed by atoms with Crippen molar-refractivity contribution in [3.63, 3.8) is 0 Å². The van der Waals surface area contributed by atoms with Gasteiger partial charge < -0.3 is 10.1 Å². The minimum atomic E-state index is 0.467. The molecule has 2 aliphatic rings. The second-order valence-electron chi connectivity index (χ2n) is 6.12. The first kappa shape index (κ1) is 13.4. The highest BCUT2D eigenvalue weighted by Crippen LogP contribution is 2.34. The third-order valence-electron chi connectivity index (χ3n) is 4.31. The molecule has 1 saturated heterocycles. The van der Waals surface area contributed by atoms with Gasteiger partial charge in [-0.05, 0) is 32.1 Å². The van der Waals surface area contributed by atoms with E-state index in [1.807, 2.05) is 0 Å². The fraction of sp³-hybridized carbons (Fsp3) is 1.00. The normalized spacial score (nSPS) is 29.5. The van der Waals surface area contributed by atoms with Gasteiger partial charge in [0.1, 0.15) is 0 Å². The van der Waals surface area contributed by atoms with Crippen LogP contribution in [0.5, 0.6) is 0 Å². The Bertz CT molecular complexity index is 207. The van der Waals surface area contributed by atoms with Crippen LogP contribution in [0.15, 0.2) is 0 Å². The Balaban J connectivity index is 1.73. The van der Waals surface area contributed by atoms with Crippen molar-refractivity contribution in [2.75, 3.05) is 19.8 Å². The van der Waals surface area contributed by atoms with Crippen LogP contribution in [0.1, 0.15) is 64.7 Å². The second kappa shape index (κ2) is 6.75. The van der Waals surface area contributed by atoms with E-state index in [1.165, 1.54) is 64.3 Å². The fourth-order valence-corrected chi connectivity index (χ4v) is 2.91. The molecule has 17 heavy (non-hydrogen) atoms. The molecule has 0 spiro atoms. The zero-order valence-electron chi connectivity index (χ0n) is 11.5. The van der Waals surface area contributed by atoms with Crippen LogP contribution in [0.4, 0.5) is 0 Å². The summed E-state index contributed by atoms with van der Waals surface area (Å²) < 4.78 is 5.76. The van der Waals surface area contributed by atoms with Crippen LogP contribution >= 0.6 is 0 Å². The third kappa shape index (κ3) is 4.59. The molecule has 2 rings (SSSR count). The summed E-state index contributed by atoms with van der Waals surface area (Å²) in [7, 11) is 0. The first-order valence-electron chi connectivity index (χ1n) is 7.66. The van der Waals surface area contributed by atoms with Crippen molar-refractivity contribution in [2.45, 2.75) is 70.8 Å². The van der Waals surface area contributed by atoms with Crippen molar-refractivity contribution < 1.29 is 4.74 Å². The largest absolute Gasteiger partial charge is 0.381 e. The average Bonchev–Trinajstić information content (AvgIpc) is 3.18. The van der Waals surface area contributed by atoms with Gasteiger partial charge in [-0.1, -0.05) is 32.6 Å². The first-order valence-corrected chi connectivity index (χ1v) is 7.66. The molecule has 0 amide bonds. The lowest BCUT2D eigenvalue weighted by molar-refractivity contribution is -0.0135. The van der Waals surface area contributed by atoms with Gasteiger partial charge in [0.25, 0.3) is 0 Å². The number of hydrogen-bond acceptors (Lipinski definition) is 2. The fourth-order valence-electron chi connectivity index (χ4n) is 2.91. The maximum absolute atomic E-state index is 5.76. The van der Waals surface area contributed by atoms with Crippen LogP contribution in [0.2, 0.25) is 0 Å². The molecular weight excluding hydrogens is 210 g/mol. The Kier molecular flexibility index (Phi) is 5.30. The van der Waals surface area contributed by atoms with Crippen LogP contribution in [0.3, 0.4) is 0 Å². The lowest BCUT2D eigenvalue weighted by Gasteiger charge is -2.37. The second-order valence-corrected chi connectivity index (χ2v) is 6.12.